The van der Waals surface area contributed by atoms with E-state index >= 15 is 0 Å². The molecule has 16 heavy (non-hydrogen) atoms. The number of carbonyl (C=O) groups is 1. The number of halogens is 1. The molecular weight excluding hydrogens is 274 g/mol. The summed E-state index contributed by atoms with van der Waals surface area (Å²) in [5, 5.41) is 0. The number of nitrogens with zero attached hydrogens (tertiary/aromatic N) is 1. The van der Waals surface area contributed by atoms with Gasteiger partial charge in [-0.3, -0.25) is 4.79 Å². The highest BCUT2D eigenvalue weighted by Crippen LogP contribution is 2.23. The number of carbonyl (C=O) groups excluding carboxylic acids is 1. The lowest BCUT2D eigenvalue weighted by Crippen LogP contribution is -2.44. The van der Waals surface area contributed by atoms with Crippen molar-refractivity contribution in [1.29, 1.82) is 0 Å². The van der Waals surface area contributed by atoms with Crippen molar-refractivity contribution in [3.05, 3.63) is 0 Å². The molecule has 0 aromatic carbocycles. The maximum Gasteiger partial charge on any atom is 0.248 e. The molecular formula is C11H20BrNO3. The molecule has 0 saturated carbocycles. The fraction of sp³-hybridized carbons (Fsp3) is 0.909. The molecule has 0 bridgehead atoms. The minimum Gasteiger partial charge on any atom is -0.382 e. The fourth-order valence-corrected chi connectivity index (χ4v) is 2.11. The maximum atomic E-state index is 11.8. The van der Waals surface area contributed by atoms with E-state index in [0.717, 1.165) is 19.5 Å². The molecule has 2 atom stereocenters. The largest absolute Gasteiger partial charge is 0.382 e. The second-order valence-corrected chi connectivity index (χ2v) is 5.34. The lowest BCUT2D eigenvalue weighted by molar-refractivity contribution is -0.138. The molecule has 1 aliphatic heterocycles. The highest BCUT2D eigenvalue weighted by Gasteiger charge is 2.26. The standard InChI is InChI=1S/C11H20BrNO3/c1-9-7-13(4-3-10(9)12)11(14)8-16-6-5-15-2/h9-10H,3-8H2,1-2H3. The average molecular weight is 294 g/mol. The summed E-state index contributed by atoms with van der Waals surface area (Å²) >= 11 is 3.62. The molecule has 1 saturated heterocycles. The Morgan fingerprint density at radius 1 is 1.50 bits per heavy atom. The SMILES string of the molecule is COCCOCC(=O)N1CCC(Br)C(C)C1. The van der Waals surface area contributed by atoms with Gasteiger partial charge in [0, 0.05) is 25.0 Å². The maximum absolute atomic E-state index is 11.8. The van der Waals surface area contributed by atoms with Crippen molar-refractivity contribution in [2.45, 2.75) is 18.2 Å². The van der Waals surface area contributed by atoms with Gasteiger partial charge in [-0.15, -0.1) is 0 Å². The van der Waals surface area contributed by atoms with E-state index in [2.05, 4.69) is 22.9 Å². The predicted molar refractivity (Wildman–Crippen MR) is 65.8 cm³/mol. The molecule has 1 amide bonds. The Balaban J connectivity index is 2.21. The number of likely N-dealkylation sites (tertiary alicyclic amines) is 1. The van der Waals surface area contributed by atoms with Crippen molar-refractivity contribution in [3.8, 4) is 0 Å². The minimum absolute atomic E-state index is 0.0855. The third-order valence-electron chi connectivity index (χ3n) is 2.81. The van der Waals surface area contributed by atoms with Crippen LogP contribution in [0.4, 0.5) is 0 Å². The van der Waals surface area contributed by atoms with Gasteiger partial charge >= 0.3 is 0 Å². The number of alkyl halides is 1. The van der Waals surface area contributed by atoms with Crippen molar-refractivity contribution in [2.75, 3.05) is 40.0 Å². The molecule has 0 aliphatic carbocycles. The van der Waals surface area contributed by atoms with Gasteiger partial charge in [0.05, 0.1) is 13.2 Å². The molecule has 5 heteroatoms. The Hall–Kier alpha value is -0.130. The number of ether oxygens (including phenoxy) is 2. The summed E-state index contributed by atoms with van der Waals surface area (Å²) in [5.41, 5.74) is 0. The third-order valence-corrected chi connectivity index (χ3v) is 4.17. The second kappa shape index (κ2) is 7.25. The van der Waals surface area contributed by atoms with Gasteiger partial charge in [-0.25, -0.2) is 0 Å². The van der Waals surface area contributed by atoms with Crippen LogP contribution in [0, 0.1) is 5.92 Å². The van der Waals surface area contributed by atoms with Crippen molar-refractivity contribution < 1.29 is 14.3 Å². The van der Waals surface area contributed by atoms with Crippen LogP contribution in [-0.2, 0) is 14.3 Å². The fourth-order valence-electron chi connectivity index (χ4n) is 1.74. The molecule has 1 fully saturated rings. The first-order chi connectivity index (χ1) is 7.65. The van der Waals surface area contributed by atoms with Gasteiger partial charge in [0.2, 0.25) is 5.91 Å². The zero-order chi connectivity index (χ0) is 12.0. The Morgan fingerprint density at radius 3 is 2.88 bits per heavy atom. The number of piperidine rings is 1. The normalized spacial score (nSPS) is 25.8. The Kier molecular flexibility index (Phi) is 6.31. The van der Waals surface area contributed by atoms with Crippen molar-refractivity contribution >= 4 is 21.8 Å². The Bertz CT molecular complexity index is 225. The van der Waals surface area contributed by atoms with Crippen LogP contribution in [0.15, 0.2) is 0 Å². The second-order valence-electron chi connectivity index (χ2n) is 4.17. The summed E-state index contributed by atoms with van der Waals surface area (Å²) in [4.78, 5) is 14.2. The smallest absolute Gasteiger partial charge is 0.248 e. The summed E-state index contributed by atoms with van der Waals surface area (Å²) in [5.74, 6) is 0.596. The number of hydrogen-bond donors (Lipinski definition) is 0. The van der Waals surface area contributed by atoms with Gasteiger partial charge in [-0.05, 0) is 12.3 Å². The van der Waals surface area contributed by atoms with Crippen molar-refractivity contribution in [1.82, 2.24) is 4.90 Å². The highest BCUT2D eigenvalue weighted by atomic mass is 79.9. The van der Waals surface area contributed by atoms with Gasteiger partial charge in [0.25, 0.3) is 0 Å². The monoisotopic (exact) mass is 293 g/mol. The quantitative estimate of drug-likeness (QED) is 0.566. The van der Waals surface area contributed by atoms with E-state index in [0.29, 0.717) is 24.0 Å². The Labute approximate surface area is 105 Å². The lowest BCUT2D eigenvalue weighted by atomic mass is 10.0. The molecule has 1 heterocycles. The molecule has 0 radical (unpaired) electrons. The molecule has 2 unspecified atom stereocenters. The van der Waals surface area contributed by atoms with Gasteiger partial charge < -0.3 is 14.4 Å². The third kappa shape index (κ3) is 4.39. The topological polar surface area (TPSA) is 38.8 Å². The van der Waals surface area contributed by atoms with E-state index in [1.807, 2.05) is 4.90 Å². The van der Waals surface area contributed by atoms with Gasteiger partial charge in [0.1, 0.15) is 6.61 Å². The molecule has 0 N–H and O–H groups in total. The summed E-state index contributed by atoms with van der Waals surface area (Å²) in [6, 6.07) is 0. The van der Waals surface area contributed by atoms with Crippen LogP contribution in [0.2, 0.25) is 0 Å². The molecule has 0 aromatic rings. The molecule has 1 rings (SSSR count). The van der Waals surface area contributed by atoms with Gasteiger partial charge in [0.15, 0.2) is 0 Å². The number of hydrogen-bond acceptors (Lipinski definition) is 3. The van der Waals surface area contributed by atoms with E-state index in [1.54, 1.807) is 7.11 Å². The van der Waals surface area contributed by atoms with Crippen LogP contribution in [0.3, 0.4) is 0 Å². The Morgan fingerprint density at radius 2 is 2.25 bits per heavy atom. The van der Waals surface area contributed by atoms with E-state index in [4.69, 9.17) is 9.47 Å². The van der Waals surface area contributed by atoms with Crippen molar-refractivity contribution in [2.24, 2.45) is 5.92 Å². The highest BCUT2D eigenvalue weighted by molar-refractivity contribution is 9.09. The first kappa shape index (κ1) is 13.9. The molecule has 0 aromatic heterocycles. The van der Waals surface area contributed by atoms with Gasteiger partial charge in [-0.2, -0.15) is 0 Å². The first-order valence-electron chi connectivity index (χ1n) is 5.63. The lowest BCUT2D eigenvalue weighted by Gasteiger charge is -2.34. The van der Waals surface area contributed by atoms with E-state index in [1.165, 1.54) is 0 Å². The minimum atomic E-state index is 0.0855. The zero-order valence-corrected chi connectivity index (χ0v) is 11.5. The molecule has 94 valence electrons. The van der Waals surface area contributed by atoms with Crippen LogP contribution in [0.1, 0.15) is 13.3 Å². The molecule has 1 aliphatic rings. The van der Waals surface area contributed by atoms with E-state index < -0.39 is 0 Å². The summed E-state index contributed by atoms with van der Waals surface area (Å²) in [6.07, 6.45) is 1.02. The summed E-state index contributed by atoms with van der Waals surface area (Å²) < 4.78 is 10.1. The molecule has 4 nitrogen and oxygen atoms in total. The van der Waals surface area contributed by atoms with Crippen molar-refractivity contribution in [3.63, 3.8) is 0 Å². The number of rotatable bonds is 5. The predicted octanol–water partition coefficient (Wildman–Crippen LogP) is 1.28. The van der Waals surface area contributed by atoms with E-state index in [9.17, 15) is 4.79 Å². The average Bonchev–Trinajstić information content (AvgIpc) is 2.28. The first-order valence-corrected chi connectivity index (χ1v) is 6.55. The number of methoxy groups -OCH3 is 1. The van der Waals surface area contributed by atoms with Crippen LogP contribution in [0.5, 0.6) is 0 Å². The van der Waals surface area contributed by atoms with Crippen LogP contribution >= 0.6 is 15.9 Å². The zero-order valence-electron chi connectivity index (χ0n) is 9.95. The van der Waals surface area contributed by atoms with Crippen LogP contribution in [0.25, 0.3) is 0 Å². The summed E-state index contributed by atoms with van der Waals surface area (Å²) in [6.45, 7) is 4.99. The van der Waals surface area contributed by atoms with Crippen LogP contribution < -0.4 is 0 Å². The van der Waals surface area contributed by atoms with Gasteiger partial charge in [-0.1, -0.05) is 22.9 Å². The number of amides is 1. The van der Waals surface area contributed by atoms with Crippen LogP contribution in [-0.4, -0.2) is 55.7 Å². The van der Waals surface area contributed by atoms with E-state index in [-0.39, 0.29) is 12.5 Å². The molecule has 0 spiro atoms. The summed E-state index contributed by atoms with van der Waals surface area (Å²) in [7, 11) is 1.62.